The van der Waals surface area contributed by atoms with Crippen LogP contribution in [0.1, 0.15) is 11.1 Å². The molecule has 5 rings (SSSR count). The minimum atomic E-state index is -4.37. The first kappa shape index (κ1) is 22.7. The van der Waals surface area contributed by atoms with Crippen molar-refractivity contribution in [3.8, 4) is 11.3 Å². The highest BCUT2D eigenvalue weighted by atomic mass is 19.4. The molecule has 12 heteroatoms. The summed E-state index contributed by atoms with van der Waals surface area (Å²) in [5.41, 5.74) is 1.60. The summed E-state index contributed by atoms with van der Waals surface area (Å²) in [7, 11) is 1.85. The van der Waals surface area contributed by atoms with E-state index >= 15 is 0 Å². The van der Waals surface area contributed by atoms with Crippen molar-refractivity contribution in [1.82, 2.24) is 34.4 Å². The number of hydrogen-bond acceptors (Lipinski definition) is 5. The number of carbonyl (C=O) groups excluding carboxylic acids is 1. The van der Waals surface area contributed by atoms with Crippen LogP contribution in [0.5, 0.6) is 0 Å². The maximum absolute atomic E-state index is 12.7. The van der Waals surface area contributed by atoms with E-state index in [-0.39, 0.29) is 12.6 Å². The van der Waals surface area contributed by atoms with Crippen molar-refractivity contribution in [3.63, 3.8) is 0 Å². The Morgan fingerprint density at radius 1 is 1.06 bits per heavy atom. The van der Waals surface area contributed by atoms with E-state index in [1.807, 2.05) is 29.9 Å². The molecule has 35 heavy (non-hydrogen) atoms. The van der Waals surface area contributed by atoms with E-state index in [1.165, 1.54) is 12.1 Å². The van der Waals surface area contributed by atoms with Crippen LogP contribution in [0.2, 0.25) is 0 Å². The zero-order valence-electron chi connectivity index (χ0n) is 18.9. The van der Waals surface area contributed by atoms with Crippen molar-refractivity contribution < 1.29 is 18.0 Å². The van der Waals surface area contributed by atoms with Crippen molar-refractivity contribution in [2.75, 3.05) is 31.1 Å². The molecule has 0 saturated carbocycles. The standard InChI is InChI=1S/C23H23F3N8O/c1-31-15-17(13-29-31)19-6-7-34-20(14-27-21(34)30-19)32-8-10-33(11-9-32)22(35)28-12-16-2-4-18(5-3-16)23(24,25)26/h2-7,13-15H,8-12H2,1H3,(H,28,35). The third-order valence-corrected chi connectivity index (χ3v) is 5.98. The number of urea groups is 1. The van der Waals surface area contributed by atoms with Gasteiger partial charge in [-0.15, -0.1) is 0 Å². The Balaban J connectivity index is 1.17. The molecule has 2 amide bonds. The fourth-order valence-corrected chi connectivity index (χ4v) is 4.05. The van der Waals surface area contributed by atoms with Gasteiger partial charge in [0, 0.05) is 57.7 Å². The second-order valence-electron chi connectivity index (χ2n) is 8.33. The van der Waals surface area contributed by atoms with Crippen LogP contribution < -0.4 is 10.2 Å². The summed E-state index contributed by atoms with van der Waals surface area (Å²) in [6.07, 6.45) is 2.97. The number of nitrogens with one attached hydrogen (secondary N) is 1. The lowest BCUT2D eigenvalue weighted by Gasteiger charge is -2.35. The molecule has 0 spiro atoms. The van der Waals surface area contributed by atoms with Crippen molar-refractivity contribution >= 4 is 17.6 Å². The number of imidazole rings is 1. The van der Waals surface area contributed by atoms with E-state index in [2.05, 4.69) is 25.3 Å². The van der Waals surface area contributed by atoms with Gasteiger partial charge in [0.15, 0.2) is 0 Å². The molecule has 1 aromatic carbocycles. The molecule has 0 radical (unpaired) electrons. The molecular weight excluding hydrogens is 461 g/mol. The van der Waals surface area contributed by atoms with Crippen LogP contribution >= 0.6 is 0 Å². The van der Waals surface area contributed by atoms with Crippen LogP contribution in [0.3, 0.4) is 0 Å². The zero-order chi connectivity index (χ0) is 24.6. The lowest BCUT2D eigenvalue weighted by atomic mass is 10.1. The summed E-state index contributed by atoms with van der Waals surface area (Å²) < 4.78 is 41.7. The molecule has 182 valence electrons. The maximum Gasteiger partial charge on any atom is 0.416 e. The summed E-state index contributed by atoms with van der Waals surface area (Å²) in [6.45, 7) is 2.41. The Kier molecular flexibility index (Phi) is 5.79. The van der Waals surface area contributed by atoms with Gasteiger partial charge in [-0.25, -0.2) is 14.8 Å². The van der Waals surface area contributed by atoms with Gasteiger partial charge in [-0.1, -0.05) is 12.1 Å². The number of anilines is 1. The highest BCUT2D eigenvalue weighted by Gasteiger charge is 2.30. The van der Waals surface area contributed by atoms with E-state index in [1.54, 1.807) is 22.0 Å². The van der Waals surface area contributed by atoms with Crippen LogP contribution in [0.25, 0.3) is 17.0 Å². The first-order valence-electron chi connectivity index (χ1n) is 11.0. The van der Waals surface area contributed by atoms with Gasteiger partial charge in [0.1, 0.15) is 5.82 Å². The predicted molar refractivity (Wildman–Crippen MR) is 123 cm³/mol. The molecular formula is C23H23F3N8O. The van der Waals surface area contributed by atoms with Crippen LogP contribution in [0.4, 0.5) is 23.8 Å². The van der Waals surface area contributed by atoms with Gasteiger partial charge in [0.2, 0.25) is 5.78 Å². The molecule has 1 saturated heterocycles. The van der Waals surface area contributed by atoms with E-state index in [4.69, 9.17) is 0 Å². The second-order valence-corrected chi connectivity index (χ2v) is 8.33. The molecule has 0 atom stereocenters. The van der Waals surface area contributed by atoms with Crippen molar-refractivity contribution in [2.24, 2.45) is 7.05 Å². The van der Waals surface area contributed by atoms with Crippen LogP contribution in [-0.2, 0) is 19.8 Å². The molecule has 4 aromatic rings. The zero-order valence-corrected chi connectivity index (χ0v) is 18.9. The predicted octanol–water partition coefficient (Wildman–Crippen LogP) is 3.18. The Morgan fingerprint density at radius 3 is 2.46 bits per heavy atom. The van der Waals surface area contributed by atoms with Gasteiger partial charge in [-0.2, -0.15) is 18.3 Å². The number of fused-ring (bicyclic) bond motifs is 1. The highest BCUT2D eigenvalue weighted by Crippen LogP contribution is 2.29. The number of aryl methyl sites for hydroxylation is 1. The Hall–Kier alpha value is -4.09. The fraction of sp³-hybridized carbons (Fsp3) is 0.304. The Morgan fingerprint density at radius 2 is 1.80 bits per heavy atom. The lowest BCUT2D eigenvalue weighted by Crippen LogP contribution is -2.52. The molecule has 0 bridgehead atoms. The van der Waals surface area contributed by atoms with Crippen molar-refractivity contribution in [3.05, 3.63) is 66.2 Å². The molecule has 9 nitrogen and oxygen atoms in total. The van der Waals surface area contributed by atoms with Crippen molar-refractivity contribution in [2.45, 2.75) is 12.7 Å². The minimum Gasteiger partial charge on any atom is -0.353 e. The SMILES string of the molecule is Cn1cc(-c2ccn3c(N4CCN(C(=O)NCc5ccc(C(F)(F)F)cc5)CC4)cnc3n2)cn1. The number of hydrogen-bond donors (Lipinski definition) is 1. The lowest BCUT2D eigenvalue weighted by molar-refractivity contribution is -0.137. The third-order valence-electron chi connectivity index (χ3n) is 5.98. The number of rotatable bonds is 4. The molecule has 1 N–H and O–H groups in total. The molecule has 0 aliphatic carbocycles. The van der Waals surface area contributed by atoms with Crippen LogP contribution in [-0.4, -0.2) is 61.3 Å². The molecule has 0 unspecified atom stereocenters. The number of benzene rings is 1. The second kappa shape index (κ2) is 8.93. The fourth-order valence-electron chi connectivity index (χ4n) is 4.05. The quantitative estimate of drug-likeness (QED) is 0.481. The number of halogens is 3. The van der Waals surface area contributed by atoms with Gasteiger partial charge < -0.3 is 15.1 Å². The van der Waals surface area contributed by atoms with E-state index in [0.29, 0.717) is 37.5 Å². The molecule has 4 heterocycles. The number of piperazine rings is 1. The first-order chi connectivity index (χ1) is 16.8. The summed E-state index contributed by atoms with van der Waals surface area (Å²) in [5.74, 6) is 1.48. The Labute approximate surface area is 198 Å². The maximum atomic E-state index is 12.7. The third kappa shape index (κ3) is 4.77. The number of aromatic nitrogens is 5. The number of amides is 2. The normalized spacial score (nSPS) is 14.5. The summed E-state index contributed by atoms with van der Waals surface area (Å²) in [4.78, 5) is 25.5. The van der Waals surface area contributed by atoms with Gasteiger partial charge in [-0.3, -0.25) is 9.08 Å². The first-order valence-corrected chi connectivity index (χ1v) is 11.0. The van der Waals surface area contributed by atoms with Crippen LogP contribution in [0.15, 0.2) is 55.1 Å². The van der Waals surface area contributed by atoms with E-state index in [0.717, 1.165) is 29.2 Å². The van der Waals surface area contributed by atoms with Gasteiger partial charge in [-0.05, 0) is 23.8 Å². The topological polar surface area (TPSA) is 83.6 Å². The number of carbonyl (C=O) groups is 1. The largest absolute Gasteiger partial charge is 0.416 e. The van der Waals surface area contributed by atoms with Gasteiger partial charge in [0.05, 0.1) is 23.7 Å². The number of nitrogens with zero attached hydrogens (tertiary/aromatic N) is 7. The molecule has 1 aliphatic heterocycles. The minimum absolute atomic E-state index is 0.162. The Bertz CT molecular complexity index is 1340. The van der Waals surface area contributed by atoms with Gasteiger partial charge >= 0.3 is 12.2 Å². The van der Waals surface area contributed by atoms with Crippen molar-refractivity contribution in [1.29, 1.82) is 0 Å². The van der Waals surface area contributed by atoms with E-state index in [9.17, 15) is 18.0 Å². The molecule has 1 aliphatic rings. The average molecular weight is 484 g/mol. The van der Waals surface area contributed by atoms with Crippen LogP contribution in [0, 0.1) is 0 Å². The average Bonchev–Trinajstić information content (AvgIpc) is 3.48. The summed E-state index contributed by atoms with van der Waals surface area (Å²) in [6, 6.07) is 6.46. The molecule has 1 fully saturated rings. The van der Waals surface area contributed by atoms with Gasteiger partial charge in [0.25, 0.3) is 0 Å². The smallest absolute Gasteiger partial charge is 0.353 e. The monoisotopic (exact) mass is 484 g/mol. The summed E-state index contributed by atoms with van der Waals surface area (Å²) in [5, 5.41) is 6.96. The molecule has 3 aromatic heterocycles. The summed E-state index contributed by atoms with van der Waals surface area (Å²) >= 11 is 0. The number of alkyl halides is 3. The van der Waals surface area contributed by atoms with E-state index < -0.39 is 11.7 Å². The highest BCUT2D eigenvalue weighted by molar-refractivity contribution is 5.74.